The number of carbonyl (C=O) groups excluding carboxylic acids is 2. The zero-order valence-electron chi connectivity index (χ0n) is 9.40. The van der Waals surface area contributed by atoms with Crippen LogP contribution in [0.1, 0.15) is 12.5 Å². The smallest absolute Gasteiger partial charge is 0.308 e. The fourth-order valence-electron chi connectivity index (χ4n) is 1.19. The van der Waals surface area contributed by atoms with E-state index in [4.69, 9.17) is 21.1 Å². The van der Waals surface area contributed by atoms with Gasteiger partial charge in [-0.3, -0.25) is 9.59 Å². The van der Waals surface area contributed by atoms with Crippen LogP contribution in [0.25, 0.3) is 6.08 Å². The van der Waals surface area contributed by atoms with Crippen LogP contribution in [0.5, 0.6) is 11.5 Å². The first-order valence-corrected chi connectivity index (χ1v) is 5.14. The van der Waals surface area contributed by atoms with Crippen molar-refractivity contribution in [3.8, 4) is 11.5 Å². The van der Waals surface area contributed by atoms with Gasteiger partial charge < -0.3 is 9.47 Å². The van der Waals surface area contributed by atoms with Crippen LogP contribution in [0.3, 0.4) is 0 Å². The zero-order valence-corrected chi connectivity index (χ0v) is 10.2. The summed E-state index contributed by atoms with van der Waals surface area (Å²) >= 11 is 5.18. The summed E-state index contributed by atoms with van der Waals surface area (Å²) in [5.41, 5.74) is 0.715. The van der Waals surface area contributed by atoms with E-state index < -0.39 is 11.2 Å². The largest absolute Gasteiger partial charge is 0.493 e. The fourth-order valence-corrected chi connectivity index (χ4v) is 1.25. The highest BCUT2D eigenvalue weighted by molar-refractivity contribution is 6.66. The van der Waals surface area contributed by atoms with Crippen LogP contribution < -0.4 is 9.47 Å². The highest BCUT2D eigenvalue weighted by Crippen LogP contribution is 2.28. The molecule has 0 unspecified atom stereocenters. The number of allylic oxidation sites excluding steroid dienone is 1. The first-order chi connectivity index (χ1) is 8.02. The van der Waals surface area contributed by atoms with Crippen LogP contribution >= 0.6 is 11.6 Å². The molecule has 0 aliphatic rings. The van der Waals surface area contributed by atoms with Gasteiger partial charge in [0, 0.05) is 6.92 Å². The van der Waals surface area contributed by atoms with Crippen molar-refractivity contribution in [1.82, 2.24) is 0 Å². The Balaban J connectivity index is 2.99. The molecule has 0 aliphatic carbocycles. The van der Waals surface area contributed by atoms with Crippen molar-refractivity contribution in [2.45, 2.75) is 6.92 Å². The zero-order chi connectivity index (χ0) is 12.8. The third kappa shape index (κ3) is 4.28. The molecule has 0 fully saturated rings. The van der Waals surface area contributed by atoms with E-state index in [-0.39, 0.29) is 0 Å². The van der Waals surface area contributed by atoms with Gasteiger partial charge in [-0.15, -0.1) is 0 Å². The Bertz CT molecular complexity index is 466. The van der Waals surface area contributed by atoms with Gasteiger partial charge in [0.25, 0.3) is 0 Å². The lowest BCUT2D eigenvalue weighted by molar-refractivity contribution is -0.132. The molecular formula is C12H11ClO4. The summed E-state index contributed by atoms with van der Waals surface area (Å²) in [7, 11) is 1.46. The molecule has 0 atom stereocenters. The lowest BCUT2D eigenvalue weighted by Crippen LogP contribution is -2.03. The van der Waals surface area contributed by atoms with E-state index >= 15 is 0 Å². The molecule has 0 radical (unpaired) electrons. The number of ether oxygens (including phenoxy) is 2. The Morgan fingerprint density at radius 1 is 1.29 bits per heavy atom. The van der Waals surface area contributed by atoms with Crippen molar-refractivity contribution in [1.29, 1.82) is 0 Å². The molecule has 0 saturated carbocycles. The number of rotatable bonds is 4. The van der Waals surface area contributed by atoms with Crippen molar-refractivity contribution in [3.05, 3.63) is 29.8 Å². The second-order valence-electron chi connectivity index (χ2n) is 3.14. The van der Waals surface area contributed by atoms with E-state index in [1.807, 2.05) is 0 Å². The number of hydrogen-bond acceptors (Lipinski definition) is 4. The van der Waals surface area contributed by atoms with E-state index in [0.717, 1.165) is 0 Å². The number of halogens is 1. The van der Waals surface area contributed by atoms with Crippen molar-refractivity contribution in [2.24, 2.45) is 0 Å². The van der Waals surface area contributed by atoms with Gasteiger partial charge in [-0.1, -0.05) is 12.1 Å². The molecule has 17 heavy (non-hydrogen) atoms. The Labute approximate surface area is 104 Å². The molecule has 4 nitrogen and oxygen atoms in total. The van der Waals surface area contributed by atoms with Crippen molar-refractivity contribution >= 4 is 28.9 Å². The summed E-state index contributed by atoms with van der Waals surface area (Å²) in [6, 6.07) is 4.89. The average Bonchev–Trinajstić information content (AvgIpc) is 2.26. The summed E-state index contributed by atoms with van der Waals surface area (Å²) in [5, 5.41) is -0.562. The van der Waals surface area contributed by atoms with Gasteiger partial charge in [-0.2, -0.15) is 0 Å². The standard InChI is InChI=1S/C12H11ClO4/c1-8(14)17-10-5-3-9(4-6-12(13)15)7-11(10)16-2/h3-7H,1-2H3/b6-4+. The first kappa shape index (κ1) is 13.3. The molecule has 1 aromatic carbocycles. The highest BCUT2D eigenvalue weighted by Gasteiger charge is 2.06. The second-order valence-corrected chi connectivity index (χ2v) is 3.51. The Morgan fingerprint density at radius 2 is 2.00 bits per heavy atom. The summed E-state index contributed by atoms with van der Waals surface area (Å²) in [6.07, 6.45) is 2.76. The van der Waals surface area contributed by atoms with E-state index in [9.17, 15) is 9.59 Å². The van der Waals surface area contributed by atoms with Gasteiger partial charge in [0.1, 0.15) is 0 Å². The molecule has 0 bridgehead atoms. The highest BCUT2D eigenvalue weighted by atomic mass is 35.5. The summed E-state index contributed by atoms with van der Waals surface area (Å²) in [5.74, 6) is 0.307. The molecule has 1 aromatic rings. The van der Waals surface area contributed by atoms with Crippen LogP contribution in [0.2, 0.25) is 0 Å². The number of methoxy groups -OCH3 is 1. The lowest BCUT2D eigenvalue weighted by Gasteiger charge is -2.08. The Kier molecular flexibility index (Phi) is 4.72. The molecule has 0 N–H and O–H groups in total. The molecule has 0 heterocycles. The van der Waals surface area contributed by atoms with Crippen LogP contribution in [-0.4, -0.2) is 18.3 Å². The van der Waals surface area contributed by atoms with Crippen LogP contribution in [0.4, 0.5) is 0 Å². The lowest BCUT2D eigenvalue weighted by atomic mass is 10.2. The van der Waals surface area contributed by atoms with Crippen molar-refractivity contribution in [2.75, 3.05) is 7.11 Å². The van der Waals surface area contributed by atoms with Crippen LogP contribution in [-0.2, 0) is 9.59 Å². The minimum Gasteiger partial charge on any atom is -0.493 e. The van der Waals surface area contributed by atoms with Crippen LogP contribution in [0, 0.1) is 0 Å². The molecule has 0 aromatic heterocycles. The molecule has 5 heteroatoms. The molecule has 1 rings (SSSR count). The summed E-state index contributed by atoms with van der Waals surface area (Å²) < 4.78 is 10.0. The maximum absolute atomic E-state index is 10.8. The molecule has 0 saturated heterocycles. The van der Waals surface area contributed by atoms with Gasteiger partial charge in [0.2, 0.25) is 5.24 Å². The summed E-state index contributed by atoms with van der Waals surface area (Å²) in [6.45, 7) is 1.30. The van der Waals surface area contributed by atoms with Crippen molar-refractivity contribution < 1.29 is 19.1 Å². The van der Waals surface area contributed by atoms with Gasteiger partial charge in [0.05, 0.1) is 7.11 Å². The number of esters is 1. The van der Waals surface area contributed by atoms with E-state index in [0.29, 0.717) is 17.1 Å². The predicted octanol–water partition coefficient (Wildman–Crippen LogP) is 2.40. The van der Waals surface area contributed by atoms with Crippen molar-refractivity contribution in [3.63, 3.8) is 0 Å². The third-order valence-corrected chi connectivity index (χ3v) is 1.97. The minimum atomic E-state index is -0.562. The van der Waals surface area contributed by atoms with Gasteiger partial charge in [-0.05, 0) is 35.4 Å². The van der Waals surface area contributed by atoms with Gasteiger partial charge >= 0.3 is 5.97 Å². The molecule has 0 aliphatic heterocycles. The monoisotopic (exact) mass is 254 g/mol. The SMILES string of the molecule is COc1cc(/C=C/C(=O)Cl)ccc1OC(C)=O. The summed E-state index contributed by atoms with van der Waals surface area (Å²) in [4.78, 5) is 21.4. The second kappa shape index (κ2) is 6.06. The first-order valence-electron chi connectivity index (χ1n) is 4.77. The fraction of sp³-hybridized carbons (Fsp3) is 0.167. The number of carbonyl (C=O) groups is 2. The number of hydrogen-bond donors (Lipinski definition) is 0. The Hall–Kier alpha value is -1.81. The quantitative estimate of drug-likeness (QED) is 0.358. The maximum atomic E-state index is 10.8. The minimum absolute atomic E-state index is 0.328. The van der Waals surface area contributed by atoms with E-state index in [1.54, 1.807) is 18.2 Å². The average molecular weight is 255 g/mol. The van der Waals surface area contributed by atoms with Gasteiger partial charge in [-0.25, -0.2) is 0 Å². The molecule has 0 spiro atoms. The molecule has 90 valence electrons. The maximum Gasteiger partial charge on any atom is 0.308 e. The Morgan fingerprint density at radius 3 is 2.53 bits per heavy atom. The van der Waals surface area contributed by atoms with E-state index in [1.165, 1.54) is 26.2 Å². The van der Waals surface area contributed by atoms with E-state index in [2.05, 4.69) is 0 Å². The van der Waals surface area contributed by atoms with Gasteiger partial charge in [0.15, 0.2) is 11.5 Å². The predicted molar refractivity (Wildman–Crippen MR) is 64.2 cm³/mol. The normalized spacial score (nSPS) is 10.3. The topological polar surface area (TPSA) is 52.6 Å². The molecular weight excluding hydrogens is 244 g/mol. The number of benzene rings is 1. The third-order valence-electron chi connectivity index (χ3n) is 1.85. The van der Waals surface area contributed by atoms with Crippen LogP contribution in [0.15, 0.2) is 24.3 Å². The molecule has 0 amide bonds.